The minimum absolute atomic E-state index is 0.321. The third kappa shape index (κ3) is 2.93. The fraction of sp³-hybridized carbons (Fsp3) is 0.500. The van der Waals surface area contributed by atoms with E-state index in [0.29, 0.717) is 22.9 Å². The van der Waals surface area contributed by atoms with Crippen LogP contribution in [0.1, 0.15) is 24.8 Å². The molecular weight excluding hydrogens is 215 g/mol. The van der Waals surface area contributed by atoms with Crippen molar-refractivity contribution >= 4 is 11.6 Å². The summed E-state index contributed by atoms with van der Waals surface area (Å²) in [5, 5.41) is 10.1. The smallest absolute Gasteiger partial charge is 0.127 e. The first kappa shape index (κ1) is 10.9. The molecule has 2 rings (SSSR count). The summed E-state index contributed by atoms with van der Waals surface area (Å²) in [6, 6.07) is 4.61. The minimum Gasteiger partial charge on any atom is -0.393 e. The Bertz CT molecular complexity index is 329. The van der Waals surface area contributed by atoms with Crippen LogP contribution in [0.4, 0.5) is 4.39 Å². The molecule has 3 heteroatoms. The van der Waals surface area contributed by atoms with Gasteiger partial charge >= 0.3 is 0 Å². The molecule has 0 amide bonds. The molecule has 1 nitrogen and oxygen atoms in total. The Morgan fingerprint density at radius 1 is 1.47 bits per heavy atom. The Balaban J connectivity index is 2.01. The molecule has 1 aromatic rings. The van der Waals surface area contributed by atoms with Crippen molar-refractivity contribution in [1.82, 2.24) is 0 Å². The van der Waals surface area contributed by atoms with E-state index in [9.17, 15) is 9.50 Å². The van der Waals surface area contributed by atoms with Gasteiger partial charge in [0.05, 0.1) is 6.10 Å². The number of benzene rings is 1. The van der Waals surface area contributed by atoms with E-state index in [4.69, 9.17) is 11.6 Å². The largest absolute Gasteiger partial charge is 0.393 e. The second-order valence-electron chi connectivity index (χ2n) is 4.24. The van der Waals surface area contributed by atoms with Crippen LogP contribution in [0.25, 0.3) is 0 Å². The lowest BCUT2D eigenvalue weighted by Gasteiger charge is -2.11. The summed E-state index contributed by atoms with van der Waals surface area (Å²) >= 11 is 5.87. The van der Waals surface area contributed by atoms with Crippen molar-refractivity contribution in [1.29, 1.82) is 0 Å². The van der Waals surface area contributed by atoms with Crippen molar-refractivity contribution < 1.29 is 9.50 Å². The standard InChI is InChI=1S/C12H14ClFO/c13-11-2-1-3-12(14)10(11)7-9(15)6-8-4-5-8/h1-3,8-9,15H,4-7H2. The Labute approximate surface area is 93.9 Å². The van der Waals surface area contributed by atoms with Crippen molar-refractivity contribution in [2.24, 2.45) is 5.92 Å². The number of rotatable bonds is 4. The molecule has 0 heterocycles. The van der Waals surface area contributed by atoms with Crippen molar-refractivity contribution in [3.8, 4) is 0 Å². The van der Waals surface area contributed by atoms with E-state index in [1.54, 1.807) is 12.1 Å². The number of hydrogen-bond donors (Lipinski definition) is 1. The molecule has 0 spiro atoms. The van der Waals surface area contributed by atoms with Gasteiger partial charge in [0.2, 0.25) is 0 Å². The van der Waals surface area contributed by atoms with Crippen LogP contribution in [-0.2, 0) is 6.42 Å². The number of hydrogen-bond acceptors (Lipinski definition) is 1. The third-order valence-electron chi connectivity index (χ3n) is 2.80. The summed E-state index contributed by atoms with van der Waals surface area (Å²) < 4.78 is 13.4. The van der Waals surface area contributed by atoms with Crippen molar-refractivity contribution in [2.75, 3.05) is 0 Å². The first-order valence-corrected chi connectivity index (χ1v) is 5.65. The summed E-state index contributed by atoms with van der Waals surface area (Å²) in [5.41, 5.74) is 0.437. The molecule has 15 heavy (non-hydrogen) atoms. The Hall–Kier alpha value is -0.600. The van der Waals surface area contributed by atoms with E-state index in [1.807, 2.05) is 0 Å². The van der Waals surface area contributed by atoms with E-state index in [2.05, 4.69) is 0 Å². The molecule has 1 fully saturated rings. The van der Waals surface area contributed by atoms with Crippen LogP contribution in [0.2, 0.25) is 5.02 Å². The van der Waals surface area contributed by atoms with Crippen molar-refractivity contribution in [2.45, 2.75) is 31.8 Å². The maximum absolute atomic E-state index is 13.4. The van der Waals surface area contributed by atoms with E-state index in [1.165, 1.54) is 18.9 Å². The second kappa shape index (κ2) is 4.50. The monoisotopic (exact) mass is 228 g/mol. The molecule has 0 aliphatic heterocycles. The molecule has 1 aliphatic rings. The second-order valence-corrected chi connectivity index (χ2v) is 4.64. The van der Waals surface area contributed by atoms with Gasteiger partial charge in [0.1, 0.15) is 5.82 Å². The zero-order valence-electron chi connectivity index (χ0n) is 8.42. The average molecular weight is 229 g/mol. The maximum Gasteiger partial charge on any atom is 0.127 e. The lowest BCUT2D eigenvalue weighted by atomic mass is 10.0. The van der Waals surface area contributed by atoms with E-state index < -0.39 is 6.10 Å². The highest BCUT2D eigenvalue weighted by Gasteiger charge is 2.25. The van der Waals surface area contributed by atoms with Gasteiger partial charge in [-0.2, -0.15) is 0 Å². The number of halogens is 2. The Kier molecular flexibility index (Phi) is 3.27. The highest BCUT2D eigenvalue weighted by Crippen LogP contribution is 2.34. The van der Waals surface area contributed by atoms with Gasteiger partial charge in [0.15, 0.2) is 0 Å². The number of aliphatic hydroxyl groups is 1. The molecule has 0 aromatic heterocycles. The molecular formula is C12H14ClFO. The van der Waals surface area contributed by atoms with Crippen LogP contribution in [0.15, 0.2) is 18.2 Å². The molecule has 1 saturated carbocycles. The van der Waals surface area contributed by atoms with Gasteiger partial charge in [0.25, 0.3) is 0 Å². The Morgan fingerprint density at radius 2 is 2.20 bits per heavy atom. The normalized spacial score (nSPS) is 17.8. The lowest BCUT2D eigenvalue weighted by molar-refractivity contribution is 0.157. The van der Waals surface area contributed by atoms with Crippen molar-refractivity contribution in [3.63, 3.8) is 0 Å². The highest BCUT2D eigenvalue weighted by molar-refractivity contribution is 6.31. The quantitative estimate of drug-likeness (QED) is 0.839. The zero-order valence-corrected chi connectivity index (χ0v) is 9.17. The zero-order chi connectivity index (χ0) is 10.8. The first-order chi connectivity index (χ1) is 7.16. The van der Waals surface area contributed by atoms with Gasteiger partial charge in [-0.25, -0.2) is 4.39 Å². The van der Waals surface area contributed by atoms with Gasteiger partial charge in [0, 0.05) is 17.0 Å². The molecule has 0 saturated heterocycles. The third-order valence-corrected chi connectivity index (χ3v) is 3.16. The fourth-order valence-corrected chi connectivity index (χ4v) is 2.02. The van der Waals surface area contributed by atoms with E-state index in [0.717, 1.165) is 6.42 Å². The van der Waals surface area contributed by atoms with Gasteiger partial charge in [-0.15, -0.1) is 0 Å². The van der Waals surface area contributed by atoms with Crippen LogP contribution >= 0.6 is 11.6 Å². The minimum atomic E-state index is -0.466. The molecule has 1 N–H and O–H groups in total. The molecule has 1 unspecified atom stereocenters. The lowest BCUT2D eigenvalue weighted by Crippen LogP contribution is -2.12. The van der Waals surface area contributed by atoms with Gasteiger partial charge < -0.3 is 5.11 Å². The summed E-state index contributed by atoms with van der Waals surface area (Å²) in [4.78, 5) is 0. The van der Waals surface area contributed by atoms with E-state index in [-0.39, 0.29) is 5.82 Å². The topological polar surface area (TPSA) is 20.2 Å². The molecule has 82 valence electrons. The van der Waals surface area contributed by atoms with Crippen molar-refractivity contribution in [3.05, 3.63) is 34.6 Å². The summed E-state index contributed by atoms with van der Waals surface area (Å²) in [6.45, 7) is 0. The summed E-state index contributed by atoms with van der Waals surface area (Å²) in [5.74, 6) is 0.322. The van der Waals surface area contributed by atoms with E-state index >= 15 is 0 Å². The fourth-order valence-electron chi connectivity index (χ4n) is 1.78. The molecule has 0 radical (unpaired) electrons. The molecule has 1 aromatic carbocycles. The summed E-state index contributed by atoms with van der Waals surface area (Å²) in [7, 11) is 0. The van der Waals surface area contributed by atoms with Gasteiger partial charge in [-0.1, -0.05) is 30.5 Å². The van der Waals surface area contributed by atoms with Gasteiger partial charge in [-0.05, 0) is 24.5 Å². The van der Waals surface area contributed by atoms with Gasteiger partial charge in [-0.3, -0.25) is 0 Å². The first-order valence-electron chi connectivity index (χ1n) is 5.27. The van der Waals surface area contributed by atoms with Crippen LogP contribution in [-0.4, -0.2) is 11.2 Å². The average Bonchev–Trinajstić information content (AvgIpc) is 2.95. The number of aliphatic hydroxyl groups excluding tert-OH is 1. The van der Waals surface area contributed by atoms with Crippen LogP contribution in [0.3, 0.4) is 0 Å². The van der Waals surface area contributed by atoms with Crippen LogP contribution in [0.5, 0.6) is 0 Å². The molecule has 0 bridgehead atoms. The van der Waals surface area contributed by atoms with Crippen LogP contribution in [0, 0.1) is 11.7 Å². The SMILES string of the molecule is OC(Cc1c(F)cccc1Cl)CC1CC1. The molecule has 1 aliphatic carbocycles. The summed E-state index contributed by atoms with van der Waals surface area (Å²) in [6.07, 6.45) is 3.02. The maximum atomic E-state index is 13.4. The highest BCUT2D eigenvalue weighted by atomic mass is 35.5. The van der Waals surface area contributed by atoms with Crippen LogP contribution < -0.4 is 0 Å². The molecule has 1 atom stereocenters. The predicted octanol–water partition coefficient (Wildman–Crippen LogP) is 3.18. The Morgan fingerprint density at radius 3 is 2.80 bits per heavy atom. The predicted molar refractivity (Wildman–Crippen MR) is 58.5 cm³/mol.